The van der Waals surface area contributed by atoms with E-state index in [1.807, 2.05) is 0 Å². The van der Waals surface area contributed by atoms with Crippen LogP contribution in [0.5, 0.6) is 0 Å². The lowest BCUT2D eigenvalue weighted by Crippen LogP contribution is -2.17. The standard InChI is InChI=1S/C16H15N/c1-2-6-12-11(5-1)9-10-15-16(12)13-7-3-4-8-14(13)17-15/h2-4,6-10,13-14,17H,1,5H2. The molecule has 0 spiro atoms. The van der Waals surface area contributed by atoms with Gasteiger partial charge in [-0.05, 0) is 35.6 Å². The number of aryl methyl sites for hydroxylation is 1. The van der Waals surface area contributed by atoms with Crippen LogP contribution in [0.3, 0.4) is 0 Å². The molecule has 2 aliphatic carbocycles. The molecule has 17 heavy (non-hydrogen) atoms. The molecule has 4 rings (SSSR count). The van der Waals surface area contributed by atoms with Gasteiger partial charge >= 0.3 is 0 Å². The van der Waals surface area contributed by atoms with Gasteiger partial charge in [-0.1, -0.05) is 42.5 Å². The van der Waals surface area contributed by atoms with Crippen LogP contribution in [-0.2, 0) is 6.42 Å². The van der Waals surface area contributed by atoms with E-state index in [9.17, 15) is 0 Å². The van der Waals surface area contributed by atoms with Gasteiger partial charge in [-0.15, -0.1) is 0 Å². The van der Waals surface area contributed by atoms with Crippen molar-refractivity contribution in [1.82, 2.24) is 0 Å². The SMILES string of the molecule is C1=CC2Nc3ccc4c(c3C2C=C1)C=CCC4. The molecule has 1 aromatic carbocycles. The molecule has 2 atom stereocenters. The van der Waals surface area contributed by atoms with Crippen LogP contribution >= 0.6 is 0 Å². The first-order valence-corrected chi connectivity index (χ1v) is 6.37. The largest absolute Gasteiger partial charge is 0.378 e. The lowest BCUT2D eigenvalue weighted by atomic mass is 9.84. The van der Waals surface area contributed by atoms with E-state index in [0.29, 0.717) is 12.0 Å². The fourth-order valence-corrected chi connectivity index (χ4v) is 3.22. The Morgan fingerprint density at radius 2 is 2.06 bits per heavy atom. The van der Waals surface area contributed by atoms with Gasteiger partial charge < -0.3 is 5.32 Å². The molecule has 0 saturated heterocycles. The molecular weight excluding hydrogens is 206 g/mol. The molecule has 0 saturated carbocycles. The van der Waals surface area contributed by atoms with Crippen molar-refractivity contribution in [2.24, 2.45) is 0 Å². The lowest BCUT2D eigenvalue weighted by Gasteiger charge is -2.19. The molecule has 1 N–H and O–H groups in total. The number of hydrogen-bond donors (Lipinski definition) is 1. The van der Waals surface area contributed by atoms with Gasteiger partial charge in [0.05, 0.1) is 6.04 Å². The molecule has 1 heteroatoms. The average molecular weight is 221 g/mol. The number of benzene rings is 1. The molecule has 0 aromatic heterocycles. The maximum atomic E-state index is 3.61. The third kappa shape index (κ3) is 1.25. The molecule has 0 radical (unpaired) electrons. The third-order valence-corrected chi connectivity index (χ3v) is 4.03. The van der Waals surface area contributed by atoms with E-state index in [4.69, 9.17) is 0 Å². The Morgan fingerprint density at radius 1 is 1.12 bits per heavy atom. The third-order valence-electron chi connectivity index (χ3n) is 4.03. The molecule has 3 aliphatic rings. The summed E-state index contributed by atoms with van der Waals surface area (Å²) in [6, 6.07) is 5.00. The van der Waals surface area contributed by atoms with Gasteiger partial charge in [0, 0.05) is 11.6 Å². The van der Waals surface area contributed by atoms with Crippen molar-refractivity contribution < 1.29 is 0 Å². The number of rotatable bonds is 0. The minimum atomic E-state index is 0.455. The Morgan fingerprint density at radius 3 is 3.06 bits per heavy atom. The highest BCUT2D eigenvalue weighted by atomic mass is 15.0. The predicted octanol–water partition coefficient (Wildman–Crippen LogP) is 3.65. The normalized spacial score (nSPS) is 27.3. The van der Waals surface area contributed by atoms with Crippen molar-refractivity contribution >= 4 is 11.8 Å². The molecule has 0 bridgehead atoms. The van der Waals surface area contributed by atoms with Gasteiger partial charge in [0.15, 0.2) is 0 Å². The van der Waals surface area contributed by atoms with Crippen molar-refractivity contribution in [3.8, 4) is 0 Å². The summed E-state index contributed by atoms with van der Waals surface area (Å²) < 4.78 is 0. The number of anilines is 1. The zero-order valence-corrected chi connectivity index (χ0v) is 9.69. The minimum Gasteiger partial charge on any atom is -0.378 e. The predicted molar refractivity (Wildman–Crippen MR) is 72.2 cm³/mol. The summed E-state index contributed by atoms with van der Waals surface area (Å²) in [7, 11) is 0. The first-order chi connectivity index (χ1) is 8.43. The van der Waals surface area contributed by atoms with E-state index in [1.54, 1.807) is 0 Å². The highest BCUT2D eigenvalue weighted by Gasteiger charge is 2.32. The minimum absolute atomic E-state index is 0.455. The Kier molecular flexibility index (Phi) is 1.84. The first kappa shape index (κ1) is 9.29. The lowest BCUT2D eigenvalue weighted by molar-refractivity contribution is 0.801. The van der Waals surface area contributed by atoms with Crippen molar-refractivity contribution in [2.45, 2.75) is 24.8 Å². The van der Waals surface area contributed by atoms with Crippen molar-refractivity contribution in [1.29, 1.82) is 0 Å². The fraction of sp³-hybridized carbons (Fsp3) is 0.250. The Balaban J connectivity index is 1.94. The van der Waals surface area contributed by atoms with Gasteiger partial charge in [-0.25, -0.2) is 0 Å². The van der Waals surface area contributed by atoms with Crippen LogP contribution in [0.25, 0.3) is 6.08 Å². The van der Waals surface area contributed by atoms with Gasteiger partial charge in [0.1, 0.15) is 0 Å². The van der Waals surface area contributed by atoms with E-state index in [-0.39, 0.29) is 0 Å². The van der Waals surface area contributed by atoms with Crippen LogP contribution < -0.4 is 5.32 Å². The van der Waals surface area contributed by atoms with E-state index in [2.05, 4.69) is 53.9 Å². The van der Waals surface area contributed by atoms with Crippen LogP contribution in [-0.4, -0.2) is 6.04 Å². The fourth-order valence-electron chi connectivity index (χ4n) is 3.22. The number of fused-ring (bicyclic) bond motifs is 5. The Hall–Kier alpha value is -1.76. The summed E-state index contributed by atoms with van der Waals surface area (Å²) in [4.78, 5) is 0. The summed E-state index contributed by atoms with van der Waals surface area (Å²) in [5.41, 5.74) is 5.80. The van der Waals surface area contributed by atoms with Gasteiger partial charge in [0.2, 0.25) is 0 Å². The van der Waals surface area contributed by atoms with Crippen LogP contribution in [0.15, 0.2) is 42.5 Å². The molecular formula is C16H15N. The van der Waals surface area contributed by atoms with Gasteiger partial charge in [-0.3, -0.25) is 0 Å². The molecule has 2 unspecified atom stereocenters. The average Bonchev–Trinajstić information content (AvgIpc) is 2.77. The highest BCUT2D eigenvalue weighted by Crippen LogP contribution is 2.43. The second-order valence-corrected chi connectivity index (χ2v) is 5.01. The molecule has 0 amide bonds. The van der Waals surface area contributed by atoms with Crippen molar-refractivity contribution in [3.05, 3.63) is 59.2 Å². The molecule has 1 aromatic rings. The maximum absolute atomic E-state index is 3.61. The Labute approximate surface area is 102 Å². The van der Waals surface area contributed by atoms with Crippen LogP contribution in [0.2, 0.25) is 0 Å². The molecule has 1 nitrogen and oxygen atoms in total. The molecule has 84 valence electrons. The van der Waals surface area contributed by atoms with E-state index >= 15 is 0 Å². The first-order valence-electron chi connectivity index (χ1n) is 6.37. The number of nitrogens with one attached hydrogen (secondary N) is 1. The van der Waals surface area contributed by atoms with Crippen molar-refractivity contribution in [3.63, 3.8) is 0 Å². The number of hydrogen-bond acceptors (Lipinski definition) is 1. The highest BCUT2D eigenvalue weighted by molar-refractivity contribution is 5.74. The smallest absolute Gasteiger partial charge is 0.0552 e. The summed E-state index contributed by atoms with van der Waals surface area (Å²) in [6.07, 6.45) is 15.9. The maximum Gasteiger partial charge on any atom is 0.0552 e. The van der Waals surface area contributed by atoms with Crippen LogP contribution in [0.1, 0.15) is 29.0 Å². The molecule has 1 aliphatic heterocycles. The van der Waals surface area contributed by atoms with Gasteiger partial charge in [-0.2, -0.15) is 0 Å². The van der Waals surface area contributed by atoms with E-state index < -0.39 is 0 Å². The molecule has 1 heterocycles. The van der Waals surface area contributed by atoms with E-state index in [1.165, 1.54) is 35.2 Å². The van der Waals surface area contributed by atoms with Gasteiger partial charge in [0.25, 0.3) is 0 Å². The number of allylic oxidation sites excluding steroid dienone is 3. The van der Waals surface area contributed by atoms with Crippen molar-refractivity contribution in [2.75, 3.05) is 5.32 Å². The van der Waals surface area contributed by atoms with Crippen LogP contribution in [0.4, 0.5) is 5.69 Å². The summed E-state index contributed by atoms with van der Waals surface area (Å²) in [6.45, 7) is 0. The summed E-state index contributed by atoms with van der Waals surface area (Å²) in [5.74, 6) is 0.521. The van der Waals surface area contributed by atoms with E-state index in [0.717, 1.165) is 0 Å². The van der Waals surface area contributed by atoms with Crippen LogP contribution in [0, 0.1) is 0 Å². The second-order valence-electron chi connectivity index (χ2n) is 5.01. The second kappa shape index (κ2) is 3.36. The monoisotopic (exact) mass is 221 g/mol. The summed E-state index contributed by atoms with van der Waals surface area (Å²) >= 11 is 0. The quantitative estimate of drug-likeness (QED) is 0.705. The zero-order chi connectivity index (χ0) is 11.2. The topological polar surface area (TPSA) is 12.0 Å². The Bertz CT molecular complexity index is 563. The zero-order valence-electron chi connectivity index (χ0n) is 9.69. The summed E-state index contributed by atoms with van der Waals surface area (Å²) in [5, 5.41) is 3.61. The molecule has 0 fully saturated rings.